The van der Waals surface area contributed by atoms with Gasteiger partial charge >= 0.3 is 5.88 Å². The Bertz CT molecular complexity index is 564. The lowest BCUT2D eigenvalue weighted by molar-refractivity contribution is -0.703. The van der Waals surface area contributed by atoms with Gasteiger partial charge in [0.15, 0.2) is 11.5 Å². The van der Waals surface area contributed by atoms with Gasteiger partial charge in [-0.05, 0) is 4.85 Å². The van der Waals surface area contributed by atoms with Crippen LogP contribution in [0.5, 0.6) is 17.4 Å². The molecule has 1 heterocycles. The van der Waals surface area contributed by atoms with E-state index in [0.29, 0.717) is 26.6 Å². The third kappa shape index (κ3) is 1.47. The second-order valence-corrected chi connectivity index (χ2v) is 3.30. The van der Waals surface area contributed by atoms with Gasteiger partial charge in [0.2, 0.25) is 0 Å². The van der Waals surface area contributed by atoms with Gasteiger partial charge in [0.1, 0.15) is 5.39 Å². The average molecular weight is 240 g/mol. The van der Waals surface area contributed by atoms with Gasteiger partial charge in [-0.1, -0.05) is 0 Å². The van der Waals surface area contributed by atoms with Crippen molar-refractivity contribution in [3.8, 4) is 17.4 Å². The fraction of sp³-hybridized carbons (Fsp3) is 0.300. The number of rotatable bonds is 3. The van der Waals surface area contributed by atoms with E-state index in [1.54, 1.807) is 6.07 Å². The molecule has 1 aromatic carbocycles. The Balaban J connectivity index is 2.82. The summed E-state index contributed by atoms with van der Waals surface area (Å²) in [6.45, 7) is 0. The van der Waals surface area contributed by atoms with Crippen LogP contribution >= 0.6 is 0 Å². The molecule has 0 aliphatic carbocycles. The van der Waals surface area contributed by atoms with Crippen molar-refractivity contribution in [2.24, 2.45) is 0 Å². The second-order valence-electron chi connectivity index (χ2n) is 3.30. The molecule has 2 rings (SSSR count). The summed E-state index contributed by atoms with van der Waals surface area (Å²) < 4.78 is 15.1. The maximum Gasteiger partial charge on any atom is 0.307 e. The molecule has 92 valence electrons. The zero-order valence-corrected chi connectivity index (χ0v) is 9.63. The Morgan fingerprint density at radius 3 is 2.24 bits per heavy atom. The van der Waals surface area contributed by atoms with Gasteiger partial charge in [-0.3, -0.25) is 0 Å². The lowest BCUT2D eigenvalue weighted by atomic mass is 10.2. The molecule has 0 saturated heterocycles. The summed E-state index contributed by atoms with van der Waals surface area (Å²) in [6.07, 6.45) is 0. The van der Waals surface area contributed by atoms with Gasteiger partial charge in [-0.25, -0.2) is 0 Å². The molecule has 0 aliphatic rings. The summed E-state index contributed by atoms with van der Waals surface area (Å²) in [5, 5.41) is 21.6. The van der Waals surface area contributed by atoms with Gasteiger partial charge in [0, 0.05) is 6.07 Å². The van der Waals surface area contributed by atoms with Crippen LogP contribution in [0.1, 0.15) is 0 Å². The SMILES string of the molecule is COc1cc2c(OC)n(O)[n+]([O-])c2cc1OC. The van der Waals surface area contributed by atoms with Gasteiger partial charge in [-0.2, -0.15) is 0 Å². The molecule has 7 nitrogen and oxygen atoms in total. The van der Waals surface area contributed by atoms with Crippen molar-refractivity contribution in [1.29, 1.82) is 0 Å². The summed E-state index contributed by atoms with van der Waals surface area (Å²) >= 11 is 0. The normalized spacial score (nSPS) is 10.5. The zero-order chi connectivity index (χ0) is 12.6. The highest BCUT2D eigenvalue weighted by atomic mass is 16.6. The summed E-state index contributed by atoms with van der Waals surface area (Å²) in [4.78, 5) is 0.680. The van der Waals surface area contributed by atoms with E-state index < -0.39 is 0 Å². The number of ether oxygens (including phenoxy) is 3. The van der Waals surface area contributed by atoms with E-state index in [1.807, 2.05) is 0 Å². The van der Waals surface area contributed by atoms with Crippen LogP contribution in [-0.4, -0.2) is 31.4 Å². The molecular formula is C10H12N2O5. The monoisotopic (exact) mass is 240 g/mol. The minimum Gasteiger partial charge on any atom is -0.593 e. The van der Waals surface area contributed by atoms with Crippen molar-refractivity contribution < 1.29 is 24.3 Å². The highest BCUT2D eigenvalue weighted by Gasteiger charge is 2.24. The Morgan fingerprint density at radius 2 is 1.71 bits per heavy atom. The minimum absolute atomic E-state index is 0.0379. The summed E-state index contributed by atoms with van der Waals surface area (Å²) in [5.74, 6) is 0.887. The van der Waals surface area contributed by atoms with Crippen molar-refractivity contribution in [2.75, 3.05) is 21.3 Å². The Kier molecular flexibility index (Phi) is 2.58. The number of hydrogen-bond acceptors (Lipinski definition) is 5. The Labute approximate surface area is 96.9 Å². The molecule has 0 radical (unpaired) electrons. The molecule has 0 fully saturated rings. The van der Waals surface area contributed by atoms with Gasteiger partial charge in [0.25, 0.3) is 5.52 Å². The maximum absolute atomic E-state index is 11.6. The molecule has 17 heavy (non-hydrogen) atoms. The molecule has 0 spiro atoms. The molecule has 0 bridgehead atoms. The van der Waals surface area contributed by atoms with Crippen LogP contribution in [0.15, 0.2) is 12.1 Å². The number of fused-ring (bicyclic) bond motifs is 1. The van der Waals surface area contributed by atoms with Gasteiger partial charge < -0.3 is 24.6 Å². The van der Waals surface area contributed by atoms with E-state index in [0.717, 1.165) is 0 Å². The average Bonchev–Trinajstić information content (AvgIpc) is 2.59. The van der Waals surface area contributed by atoms with E-state index in [4.69, 9.17) is 14.2 Å². The zero-order valence-electron chi connectivity index (χ0n) is 9.63. The van der Waals surface area contributed by atoms with Crippen molar-refractivity contribution in [3.63, 3.8) is 0 Å². The summed E-state index contributed by atoms with van der Waals surface area (Å²) in [6, 6.07) is 3.03. The van der Waals surface area contributed by atoms with E-state index >= 15 is 0 Å². The molecule has 0 saturated carbocycles. The fourth-order valence-corrected chi connectivity index (χ4v) is 1.68. The largest absolute Gasteiger partial charge is 0.593 e. The number of aromatic nitrogens is 2. The van der Waals surface area contributed by atoms with Gasteiger partial charge in [0.05, 0.1) is 32.2 Å². The van der Waals surface area contributed by atoms with Crippen LogP contribution in [0.3, 0.4) is 0 Å². The first-order valence-corrected chi connectivity index (χ1v) is 4.77. The first kappa shape index (κ1) is 11.2. The van der Waals surface area contributed by atoms with Crippen molar-refractivity contribution in [3.05, 3.63) is 17.3 Å². The van der Waals surface area contributed by atoms with Crippen LogP contribution in [0.4, 0.5) is 0 Å². The molecular weight excluding hydrogens is 228 g/mol. The number of nitrogens with zero attached hydrogens (tertiary/aromatic N) is 2. The lowest BCUT2D eigenvalue weighted by Crippen LogP contribution is -2.36. The first-order chi connectivity index (χ1) is 8.13. The van der Waals surface area contributed by atoms with E-state index in [1.165, 1.54) is 27.4 Å². The molecule has 7 heteroatoms. The van der Waals surface area contributed by atoms with Crippen LogP contribution < -0.4 is 19.1 Å². The van der Waals surface area contributed by atoms with Crippen LogP contribution in [0.2, 0.25) is 0 Å². The van der Waals surface area contributed by atoms with Crippen LogP contribution in [0, 0.1) is 5.21 Å². The summed E-state index contributed by atoms with van der Waals surface area (Å²) in [5.41, 5.74) is 0.224. The van der Waals surface area contributed by atoms with E-state index in [9.17, 15) is 10.4 Å². The highest BCUT2D eigenvalue weighted by molar-refractivity contribution is 5.85. The first-order valence-electron chi connectivity index (χ1n) is 4.77. The van der Waals surface area contributed by atoms with Crippen molar-refractivity contribution in [1.82, 2.24) is 4.85 Å². The molecule has 0 atom stereocenters. The molecule has 0 unspecified atom stereocenters. The highest BCUT2D eigenvalue weighted by Crippen LogP contribution is 2.34. The standard InChI is InChI=1S/C10H12N2O5/c1-15-8-4-6-7(5-9(8)16-2)11(13)12(14)10(6)17-3/h4-5,14H,1-3H3. The Morgan fingerprint density at radius 1 is 1.12 bits per heavy atom. The quantitative estimate of drug-likeness (QED) is 0.481. The molecule has 0 amide bonds. The third-order valence-electron chi connectivity index (χ3n) is 2.49. The number of hydrogen-bond donors (Lipinski definition) is 1. The predicted molar refractivity (Wildman–Crippen MR) is 57.7 cm³/mol. The van der Waals surface area contributed by atoms with E-state index in [-0.39, 0.29) is 11.4 Å². The van der Waals surface area contributed by atoms with Crippen molar-refractivity contribution in [2.45, 2.75) is 0 Å². The molecule has 1 aromatic heterocycles. The summed E-state index contributed by atoms with van der Waals surface area (Å²) in [7, 11) is 4.31. The van der Waals surface area contributed by atoms with Gasteiger partial charge in [-0.15, -0.1) is 0 Å². The lowest BCUT2D eigenvalue weighted by Gasteiger charge is -2.05. The smallest absolute Gasteiger partial charge is 0.307 e. The minimum atomic E-state index is 0.0379. The van der Waals surface area contributed by atoms with Crippen LogP contribution in [-0.2, 0) is 0 Å². The fourth-order valence-electron chi connectivity index (χ4n) is 1.68. The number of methoxy groups -OCH3 is 3. The van der Waals surface area contributed by atoms with E-state index in [2.05, 4.69) is 0 Å². The molecule has 2 aromatic rings. The van der Waals surface area contributed by atoms with Crippen molar-refractivity contribution >= 4 is 10.9 Å². The number of benzene rings is 1. The van der Waals surface area contributed by atoms with Crippen LogP contribution in [0.25, 0.3) is 10.9 Å². The third-order valence-corrected chi connectivity index (χ3v) is 2.49. The predicted octanol–water partition coefficient (Wildman–Crippen LogP) is 0.538. The molecule has 1 N–H and O–H groups in total. The Hall–Kier alpha value is -2.31. The molecule has 0 aliphatic heterocycles. The topological polar surface area (TPSA) is 79.8 Å². The maximum atomic E-state index is 11.6. The second kappa shape index (κ2) is 3.93.